The van der Waals surface area contributed by atoms with E-state index in [9.17, 15) is 19.0 Å². The normalized spacial score (nSPS) is 39.6. The Morgan fingerprint density at radius 1 is 0.756 bits per heavy atom. The number of aryl methyl sites for hydroxylation is 2. The van der Waals surface area contributed by atoms with Crippen LogP contribution in [-0.2, 0) is 12.8 Å². The van der Waals surface area contributed by atoms with Gasteiger partial charge in [0, 0.05) is 5.92 Å². The topological polar surface area (TPSA) is 40.5 Å². The van der Waals surface area contributed by atoms with Crippen molar-refractivity contribution in [1.82, 2.24) is 0 Å². The summed E-state index contributed by atoms with van der Waals surface area (Å²) in [4.78, 5) is 0. The van der Waals surface area contributed by atoms with Crippen molar-refractivity contribution >= 4 is 22.6 Å². The van der Waals surface area contributed by atoms with Gasteiger partial charge in [0.05, 0.1) is 0 Å². The van der Waals surface area contributed by atoms with Gasteiger partial charge in [0.25, 0.3) is 0 Å². The minimum absolute atomic E-state index is 0.201. The van der Waals surface area contributed by atoms with E-state index in [2.05, 4.69) is 55.2 Å². The van der Waals surface area contributed by atoms with E-state index in [4.69, 9.17) is 0 Å². The molecule has 0 aromatic heterocycles. The van der Waals surface area contributed by atoms with Crippen LogP contribution in [0.15, 0.2) is 46.6 Å². The molecule has 2 N–H and O–H groups in total. The van der Waals surface area contributed by atoms with Crippen molar-refractivity contribution in [3.8, 4) is 11.5 Å². The first-order valence-electron chi connectivity index (χ1n) is 17.7. The molecule has 0 heterocycles. The summed E-state index contributed by atoms with van der Waals surface area (Å²) in [5.41, 5.74) is 5.85. The molecule has 0 aliphatic heterocycles. The summed E-state index contributed by atoms with van der Waals surface area (Å²) in [7, 11) is 0. The van der Waals surface area contributed by atoms with Crippen LogP contribution in [0.5, 0.6) is 11.5 Å². The number of phenols is 2. The highest BCUT2D eigenvalue weighted by molar-refractivity contribution is 14.1. The fraction of sp³-hybridized carbons (Fsp3) is 0.650. The molecule has 5 heteroatoms. The van der Waals surface area contributed by atoms with Gasteiger partial charge in [-0.15, -0.1) is 0 Å². The van der Waals surface area contributed by atoms with E-state index in [0.717, 1.165) is 69.1 Å². The zero-order valence-electron chi connectivity index (χ0n) is 27.3. The molecule has 2 nitrogen and oxygen atoms in total. The Morgan fingerprint density at radius 3 is 1.76 bits per heavy atom. The quantitative estimate of drug-likeness (QED) is 0.302. The zero-order valence-corrected chi connectivity index (χ0v) is 29.5. The van der Waals surface area contributed by atoms with Crippen LogP contribution in [0.1, 0.15) is 119 Å². The Bertz CT molecular complexity index is 1460. The van der Waals surface area contributed by atoms with Crippen molar-refractivity contribution < 1.29 is 19.0 Å². The van der Waals surface area contributed by atoms with Crippen LogP contribution in [0, 0.1) is 46.3 Å². The first-order valence-corrected chi connectivity index (χ1v) is 18.7. The predicted molar refractivity (Wildman–Crippen MR) is 186 cm³/mol. The minimum atomic E-state index is -2.56. The largest absolute Gasteiger partial charge is 0.508 e. The maximum Gasteiger partial charge on any atom is 0.248 e. The monoisotopic (exact) mass is 728 g/mol. The summed E-state index contributed by atoms with van der Waals surface area (Å²) in [6.45, 7) is 10.1. The molecule has 6 aliphatic carbocycles. The second-order valence-electron chi connectivity index (χ2n) is 16.3. The van der Waals surface area contributed by atoms with Crippen LogP contribution >= 0.6 is 22.6 Å². The Kier molecular flexibility index (Phi) is 8.17. The van der Waals surface area contributed by atoms with E-state index in [-0.39, 0.29) is 5.41 Å². The third kappa shape index (κ3) is 5.28. The second-order valence-corrected chi connectivity index (χ2v) is 17.7. The summed E-state index contributed by atoms with van der Waals surface area (Å²) in [6.07, 6.45) is 13.5. The van der Waals surface area contributed by atoms with Crippen molar-refractivity contribution in [1.29, 1.82) is 0 Å². The molecule has 0 bridgehead atoms. The third-order valence-electron chi connectivity index (χ3n) is 14.4. The van der Waals surface area contributed by atoms with E-state index in [1.807, 2.05) is 18.2 Å². The highest BCUT2D eigenvalue weighted by Crippen LogP contribution is 2.66. The van der Waals surface area contributed by atoms with Gasteiger partial charge in [0.2, 0.25) is 5.92 Å². The van der Waals surface area contributed by atoms with E-state index >= 15 is 0 Å². The summed E-state index contributed by atoms with van der Waals surface area (Å²) in [5, 5.41) is 19.5. The number of alkyl halides is 2. The highest BCUT2D eigenvalue weighted by atomic mass is 127. The molecule has 0 saturated heterocycles. The molecule has 6 unspecified atom stereocenters. The lowest BCUT2D eigenvalue weighted by Crippen LogP contribution is -2.46. The van der Waals surface area contributed by atoms with Crippen molar-refractivity contribution in [2.45, 2.75) is 116 Å². The van der Waals surface area contributed by atoms with E-state index in [0.29, 0.717) is 41.1 Å². The molecule has 0 radical (unpaired) electrons. The summed E-state index contributed by atoms with van der Waals surface area (Å²) < 4.78 is 29.6. The van der Waals surface area contributed by atoms with Gasteiger partial charge in [-0.05, 0) is 209 Å². The number of allylic oxidation sites excluding steroid dienone is 1. The fourth-order valence-electron chi connectivity index (χ4n) is 12.5. The van der Waals surface area contributed by atoms with Gasteiger partial charge in [0.1, 0.15) is 11.5 Å². The molecular weight excluding hydrogens is 677 g/mol. The lowest BCUT2D eigenvalue weighted by Gasteiger charge is -2.51. The molecule has 10 atom stereocenters. The van der Waals surface area contributed by atoms with Crippen LogP contribution in [0.2, 0.25) is 0 Å². The molecule has 244 valence electrons. The third-order valence-corrected chi connectivity index (χ3v) is 15.2. The maximum atomic E-state index is 14.1. The van der Waals surface area contributed by atoms with Crippen molar-refractivity contribution in [3.63, 3.8) is 0 Å². The maximum absolute atomic E-state index is 14.1. The van der Waals surface area contributed by atoms with Crippen LogP contribution in [0.3, 0.4) is 0 Å². The lowest BCUT2D eigenvalue weighted by molar-refractivity contribution is -0.106. The van der Waals surface area contributed by atoms with Crippen LogP contribution < -0.4 is 0 Å². The molecule has 6 aliphatic rings. The Hall–Kier alpha value is -1.63. The van der Waals surface area contributed by atoms with Crippen LogP contribution in [-0.4, -0.2) is 16.1 Å². The number of halogens is 3. The van der Waals surface area contributed by atoms with Gasteiger partial charge in [-0.1, -0.05) is 32.6 Å². The zero-order chi connectivity index (χ0) is 31.9. The van der Waals surface area contributed by atoms with Crippen molar-refractivity contribution in [2.75, 3.05) is 0 Å². The van der Waals surface area contributed by atoms with Gasteiger partial charge in [-0.3, -0.25) is 0 Å². The Labute approximate surface area is 282 Å². The first-order chi connectivity index (χ1) is 21.3. The lowest BCUT2D eigenvalue weighted by atomic mass is 9.53. The number of rotatable bonds is 2. The molecule has 4 saturated carbocycles. The average molecular weight is 729 g/mol. The van der Waals surface area contributed by atoms with Crippen LogP contribution in [0.4, 0.5) is 8.78 Å². The number of benzene rings is 2. The molecular formula is C40H51F2IO2. The van der Waals surface area contributed by atoms with Gasteiger partial charge >= 0.3 is 0 Å². The SMILES string of the molecule is C=C(I)[C@H]1CCC2C3CCc4cc(O)ccc4C3CC[C@@]21C.CC(F)(F)[C@H]1CCC2C3CCc4cc(O)ccc4C3CC[C@@]21C. The summed E-state index contributed by atoms with van der Waals surface area (Å²) in [5.74, 6) is 2.38. The molecule has 4 fully saturated rings. The summed E-state index contributed by atoms with van der Waals surface area (Å²) in [6, 6.07) is 11.9. The molecule has 2 aromatic carbocycles. The minimum Gasteiger partial charge on any atom is -0.508 e. The van der Waals surface area contributed by atoms with Crippen LogP contribution in [0.25, 0.3) is 0 Å². The van der Waals surface area contributed by atoms with Gasteiger partial charge in [-0.25, -0.2) is 8.78 Å². The van der Waals surface area contributed by atoms with Gasteiger partial charge in [0.15, 0.2) is 0 Å². The number of aromatic hydroxyl groups is 2. The highest BCUT2D eigenvalue weighted by Gasteiger charge is 2.60. The van der Waals surface area contributed by atoms with Gasteiger partial charge < -0.3 is 10.2 Å². The second kappa shape index (κ2) is 11.5. The number of hydrogen-bond acceptors (Lipinski definition) is 2. The van der Waals surface area contributed by atoms with E-state index < -0.39 is 11.8 Å². The number of phenolic OH excluding ortho intramolecular Hbond substituents is 2. The Morgan fingerprint density at radius 2 is 1.24 bits per heavy atom. The van der Waals surface area contributed by atoms with E-state index in [1.54, 1.807) is 6.07 Å². The average Bonchev–Trinajstić information content (AvgIpc) is 3.54. The van der Waals surface area contributed by atoms with Gasteiger partial charge in [-0.2, -0.15) is 0 Å². The first kappa shape index (κ1) is 31.9. The number of hydrogen-bond donors (Lipinski definition) is 2. The summed E-state index contributed by atoms with van der Waals surface area (Å²) >= 11 is 2.47. The predicted octanol–water partition coefficient (Wildman–Crippen LogP) is 11.3. The van der Waals surface area contributed by atoms with Crippen molar-refractivity contribution in [2.24, 2.45) is 46.3 Å². The number of fused-ring (bicyclic) bond motifs is 10. The van der Waals surface area contributed by atoms with Crippen molar-refractivity contribution in [3.05, 3.63) is 68.8 Å². The standard InChI is InChI=1S/C20H26F2O.C20H25IO/c1-19-10-9-15-14-6-4-13(23)11-12(14)3-5-16(15)17(19)7-8-18(19)20(2,21)22;1-12(21)18-7-8-19-17-5-3-13-11-14(22)4-6-15(13)16(17)9-10-20(18,19)2/h4,6,11,15-18,23H,3,5,7-10H2,1-2H3;4,6,11,16-19,22H,1,3,5,7-10H2,2H3/t15?,16?,17?,18-,19-;16?,17?,18-,19?,20-/m01/s1. The molecule has 0 amide bonds. The molecule has 0 spiro atoms. The van der Waals surface area contributed by atoms with E-state index in [1.165, 1.54) is 57.9 Å². The molecule has 2 aromatic rings. The smallest absolute Gasteiger partial charge is 0.248 e. The Balaban J connectivity index is 0.000000145. The fourth-order valence-corrected chi connectivity index (χ4v) is 13.5. The molecule has 8 rings (SSSR count). The molecule has 45 heavy (non-hydrogen) atoms.